The lowest BCUT2D eigenvalue weighted by Crippen LogP contribution is -2.46. The van der Waals surface area contributed by atoms with Crippen LogP contribution in [0.2, 0.25) is 0 Å². The lowest BCUT2D eigenvalue weighted by atomic mass is 9.95. The molecule has 0 bridgehead atoms. The lowest BCUT2D eigenvalue weighted by molar-refractivity contribution is -0.137. The van der Waals surface area contributed by atoms with E-state index >= 15 is 0 Å². The Hall–Kier alpha value is -1.88. The van der Waals surface area contributed by atoms with Gasteiger partial charge in [0, 0.05) is 31.2 Å². The average Bonchev–Trinajstić information content (AvgIpc) is 2.99. The fourth-order valence-electron chi connectivity index (χ4n) is 4.51. The van der Waals surface area contributed by atoms with Crippen molar-refractivity contribution in [1.29, 1.82) is 0 Å². The van der Waals surface area contributed by atoms with Gasteiger partial charge in [0.05, 0.1) is 6.54 Å². The molecule has 1 aromatic carbocycles. The molecule has 3 rings (SSSR count). The number of likely N-dealkylation sites (N-methyl/N-ethyl adjacent to an activating group) is 1. The van der Waals surface area contributed by atoms with Gasteiger partial charge in [-0.2, -0.15) is 0 Å². The van der Waals surface area contributed by atoms with Crippen LogP contribution in [0.4, 0.5) is 5.69 Å². The van der Waals surface area contributed by atoms with Gasteiger partial charge >= 0.3 is 0 Å². The molecule has 2 saturated heterocycles. The molecule has 2 aliphatic heterocycles. The molecule has 0 aromatic heterocycles. The number of para-hydroxylation sites is 1. The highest BCUT2D eigenvalue weighted by Crippen LogP contribution is 2.23. The Morgan fingerprint density at radius 2 is 1.64 bits per heavy atom. The van der Waals surface area contributed by atoms with Gasteiger partial charge in [0.25, 0.3) is 0 Å². The van der Waals surface area contributed by atoms with Crippen molar-refractivity contribution in [3.63, 3.8) is 0 Å². The molecular formula is C23H35N3O2. The number of hydrogen-bond donors (Lipinski definition) is 0. The zero-order chi connectivity index (χ0) is 19.9. The van der Waals surface area contributed by atoms with Crippen LogP contribution in [0, 0.1) is 12.8 Å². The number of likely N-dealkylation sites (tertiary alicyclic amines) is 2. The van der Waals surface area contributed by atoms with E-state index in [1.165, 1.54) is 12.8 Å². The van der Waals surface area contributed by atoms with Gasteiger partial charge in [-0.1, -0.05) is 31.0 Å². The van der Waals surface area contributed by atoms with Crippen molar-refractivity contribution in [2.75, 3.05) is 44.2 Å². The second-order valence-corrected chi connectivity index (χ2v) is 8.21. The van der Waals surface area contributed by atoms with Crippen LogP contribution in [0.15, 0.2) is 24.3 Å². The van der Waals surface area contributed by atoms with Crippen molar-refractivity contribution in [3.05, 3.63) is 29.8 Å². The summed E-state index contributed by atoms with van der Waals surface area (Å²) in [6, 6.07) is 8.05. The maximum atomic E-state index is 12.9. The molecule has 154 valence electrons. The molecule has 2 amide bonds. The Bertz CT molecular complexity index is 660. The third-order valence-corrected chi connectivity index (χ3v) is 6.24. The minimum Gasteiger partial charge on any atom is -0.342 e. The van der Waals surface area contributed by atoms with Crippen LogP contribution in [0.3, 0.4) is 0 Å². The number of benzene rings is 1. The molecule has 0 spiro atoms. The summed E-state index contributed by atoms with van der Waals surface area (Å²) in [6.07, 6.45) is 6.53. The molecule has 2 aliphatic rings. The van der Waals surface area contributed by atoms with E-state index in [0.717, 1.165) is 63.1 Å². The van der Waals surface area contributed by atoms with Gasteiger partial charge in [-0.15, -0.1) is 0 Å². The van der Waals surface area contributed by atoms with Crippen LogP contribution in [-0.2, 0) is 9.59 Å². The average molecular weight is 386 g/mol. The Morgan fingerprint density at radius 1 is 1.00 bits per heavy atom. The third kappa shape index (κ3) is 5.13. The molecule has 0 radical (unpaired) electrons. The van der Waals surface area contributed by atoms with Crippen LogP contribution < -0.4 is 4.90 Å². The fraction of sp³-hybridized carbons (Fsp3) is 0.652. The molecule has 2 heterocycles. The highest BCUT2D eigenvalue weighted by molar-refractivity contribution is 5.95. The van der Waals surface area contributed by atoms with E-state index < -0.39 is 0 Å². The van der Waals surface area contributed by atoms with Gasteiger partial charge in [-0.05, 0) is 64.3 Å². The fourth-order valence-corrected chi connectivity index (χ4v) is 4.51. The molecule has 5 heteroatoms. The monoisotopic (exact) mass is 385 g/mol. The second-order valence-electron chi connectivity index (χ2n) is 8.21. The summed E-state index contributed by atoms with van der Waals surface area (Å²) in [5.41, 5.74) is 2.13. The number of rotatable bonds is 5. The maximum Gasteiger partial charge on any atom is 0.241 e. The highest BCUT2D eigenvalue weighted by atomic mass is 16.2. The Balaban J connectivity index is 1.51. The van der Waals surface area contributed by atoms with E-state index in [9.17, 15) is 9.59 Å². The normalized spacial score (nSPS) is 19.3. The molecule has 0 atom stereocenters. The first-order chi connectivity index (χ1) is 13.6. The smallest absolute Gasteiger partial charge is 0.241 e. The van der Waals surface area contributed by atoms with Crippen molar-refractivity contribution < 1.29 is 9.59 Å². The molecule has 5 nitrogen and oxygen atoms in total. The summed E-state index contributed by atoms with van der Waals surface area (Å²) in [6.45, 7) is 8.71. The van der Waals surface area contributed by atoms with Gasteiger partial charge in [0.1, 0.15) is 0 Å². The van der Waals surface area contributed by atoms with Crippen LogP contribution in [0.5, 0.6) is 0 Å². The number of anilines is 1. The number of hydrogen-bond acceptors (Lipinski definition) is 3. The van der Waals surface area contributed by atoms with Crippen molar-refractivity contribution in [2.24, 2.45) is 5.92 Å². The summed E-state index contributed by atoms with van der Waals surface area (Å²) in [7, 11) is 0. The number of piperidine rings is 1. The number of carbonyl (C=O) groups is 2. The Morgan fingerprint density at radius 3 is 2.25 bits per heavy atom. The van der Waals surface area contributed by atoms with E-state index in [1.807, 2.05) is 43.0 Å². The first-order valence-corrected chi connectivity index (χ1v) is 11.0. The van der Waals surface area contributed by atoms with Crippen LogP contribution in [-0.4, -0.2) is 60.9 Å². The summed E-state index contributed by atoms with van der Waals surface area (Å²) >= 11 is 0. The molecule has 2 fully saturated rings. The van der Waals surface area contributed by atoms with Gasteiger partial charge < -0.3 is 9.80 Å². The van der Waals surface area contributed by atoms with Gasteiger partial charge in [0.2, 0.25) is 11.8 Å². The van der Waals surface area contributed by atoms with Crippen LogP contribution in [0.1, 0.15) is 51.0 Å². The molecule has 28 heavy (non-hydrogen) atoms. The Labute approximate surface area is 169 Å². The summed E-state index contributed by atoms with van der Waals surface area (Å²) < 4.78 is 0. The van der Waals surface area contributed by atoms with E-state index in [0.29, 0.717) is 19.0 Å². The van der Waals surface area contributed by atoms with Gasteiger partial charge in [0.15, 0.2) is 0 Å². The zero-order valence-electron chi connectivity index (χ0n) is 17.5. The van der Waals surface area contributed by atoms with Crippen LogP contribution >= 0.6 is 0 Å². The van der Waals surface area contributed by atoms with E-state index in [2.05, 4.69) is 9.80 Å². The quantitative estimate of drug-likeness (QED) is 0.780. The van der Waals surface area contributed by atoms with Crippen molar-refractivity contribution in [3.8, 4) is 0 Å². The first kappa shape index (κ1) is 20.8. The largest absolute Gasteiger partial charge is 0.342 e. The zero-order valence-corrected chi connectivity index (χ0v) is 17.5. The van der Waals surface area contributed by atoms with Gasteiger partial charge in [-0.3, -0.25) is 14.5 Å². The molecule has 0 saturated carbocycles. The standard InChI is InChI=1S/C23H35N3O2/c1-3-26(21-11-7-6-10-19(21)2)22(27)18-24-16-12-20(13-17-24)23(28)25-14-8-4-5-9-15-25/h6-7,10-11,20H,3-5,8-9,12-18H2,1-2H3. The molecular weight excluding hydrogens is 350 g/mol. The number of carbonyl (C=O) groups excluding carboxylic acids is 2. The Kier molecular flexibility index (Phi) is 7.49. The summed E-state index contributed by atoms with van der Waals surface area (Å²) in [4.78, 5) is 31.9. The van der Waals surface area contributed by atoms with E-state index in [4.69, 9.17) is 0 Å². The number of nitrogens with zero attached hydrogens (tertiary/aromatic N) is 3. The number of aryl methyl sites for hydroxylation is 1. The van der Waals surface area contributed by atoms with Gasteiger partial charge in [-0.25, -0.2) is 0 Å². The van der Waals surface area contributed by atoms with E-state index in [1.54, 1.807) is 0 Å². The minimum absolute atomic E-state index is 0.142. The van der Waals surface area contributed by atoms with Crippen molar-refractivity contribution in [2.45, 2.75) is 52.4 Å². The topological polar surface area (TPSA) is 43.9 Å². The predicted molar refractivity (Wildman–Crippen MR) is 113 cm³/mol. The number of amides is 2. The highest BCUT2D eigenvalue weighted by Gasteiger charge is 2.30. The summed E-state index contributed by atoms with van der Waals surface area (Å²) in [5.74, 6) is 0.639. The first-order valence-electron chi connectivity index (χ1n) is 11.0. The second kappa shape index (κ2) is 10.1. The maximum absolute atomic E-state index is 12.9. The molecule has 1 aromatic rings. The third-order valence-electron chi connectivity index (χ3n) is 6.24. The lowest BCUT2D eigenvalue weighted by Gasteiger charge is -2.34. The van der Waals surface area contributed by atoms with E-state index in [-0.39, 0.29) is 11.8 Å². The SMILES string of the molecule is CCN(C(=O)CN1CCC(C(=O)N2CCCCCC2)CC1)c1ccccc1C. The molecule has 0 unspecified atom stereocenters. The minimum atomic E-state index is 0.142. The van der Waals surface area contributed by atoms with Crippen LogP contribution in [0.25, 0.3) is 0 Å². The predicted octanol–water partition coefficient (Wildman–Crippen LogP) is 3.46. The summed E-state index contributed by atoms with van der Waals surface area (Å²) in [5, 5.41) is 0. The molecule has 0 aliphatic carbocycles. The van der Waals surface area contributed by atoms with Crippen molar-refractivity contribution >= 4 is 17.5 Å². The van der Waals surface area contributed by atoms with Crippen molar-refractivity contribution in [1.82, 2.24) is 9.80 Å². The molecule has 0 N–H and O–H groups in total.